The predicted molar refractivity (Wildman–Crippen MR) is 79.1 cm³/mol. The van der Waals surface area contributed by atoms with E-state index in [1.807, 2.05) is 12.3 Å². The fourth-order valence-electron chi connectivity index (χ4n) is 3.23. The average molecular weight is 311 g/mol. The minimum Gasteiger partial charge on any atom is -0.376 e. The quantitative estimate of drug-likeness (QED) is 0.834. The second-order valence-corrected chi connectivity index (χ2v) is 7.80. The van der Waals surface area contributed by atoms with Gasteiger partial charge < -0.3 is 4.74 Å². The van der Waals surface area contributed by atoms with Gasteiger partial charge in [0.15, 0.2) is 0 Å². The Morgan fingerprint density at radius 2 is 2.33 bits per heavy atom. The third-order valence-corrected chi connectivity index (χ3v) is 4.94. The normalized spacial score (nSPS) is 29.7. The number of ether oxygens (including phenoxy) is 1. The summed E-state index contributed by atoms with van der Waals surface area (Å²) in [6, 6.07) is 4.02. The van der Waals surface area contributed by atoms with Gasteiger partial charge in [0.1, 0.15) is 0 Å². The molecule has 7 heteroatoms. The molecule has 1 aromatic heterocycles. The van der Waals surface area contributed by atoms with Crippen molar-refractivity contribution in [2.24, 2.45) is 11.8 Å². The highest BCUT2D eigenvalue weighted by Crippen LogP contribution is 2.33. The van der Waals surface area contributed by atoms with E-state index in [0.717, 1.165) is 19.6 Å². The van der Waals surface area contributed by atoms with Crippen molar-refractivity contribution >= 4 is 10.0 Å². The molecule has 0 spiro atoms. The van der Waals surface area contributed by atoms with Crippen LogP contribution in [0, 0.1) is 11.8 Å². The number of hydrogen-bond acceptors (Lipinski definition) is 5. The Hall–Kier alpha value is -1.02. The molecular formula is C14H21N3O3S. The van der Waals surface area contributed by atoms with Crippen LogP contribution in [0.15, 0.2) is 24.5 Å². The molecule has 0 unspecified atom stereocenters. The zero-order chi connectivity index (χ0) is 14.9. The Bertz CT molecular complexity index is 578. The van der Waals surface area contributed by atoms with Crippen molar-refractivity contribution in [1.29, 1.82) is 0 Å². The van der Waals surface area contributed by atoms with Crippen LogP contribution in [0.2, 0.25) is 0 Å². The zero-order valence-corrected chi connectivity index (χ0v) is 12.9. The van der Waals surface area contributed by atoms with Gasteiger partial charge in [0, 0.05) is 50.4 Å². The molecule has 0 aromatic carbocycles. The molecule has 1 aromatic rings. The van der Waals surface area contributed by atoms with Gasteiger partial charge in [-0.15, -0.1) is 0 Å². The molecule has 0 bridgehead atoms. The summed E-state index contributed by atoms with van der Waals surface area (Å²) in [6.07, 6.45) is 5.09. The van der Waals surface area contributed by atoms with Crippen LogP contribution < -0.4 is 4.72 Å². The molecule has 2 saturated heterocycles. The highest BCUT2D eigenvalue weighted by molar-refractivity contribution is 7.88. The first kappa shape index (κ1) is 14.9. The van der Waals surface area contributed by atoms with Crippen molar-refractivity contribution in [2.45, 2.75) is 12.6 Å². The lowest BCUT2D eigenvalue weighted by molar-refractivity contribution is 0.0942. The van der Waals surface area contributed by atoms with Gasteiger partial charge in [0.05, 0.1) is 19.0 Å². The van der Waals surface area contributed by atoms with Gasteiger partial charge in [-0.3, -0.25) is 9.88 Å². The summed E-state index contributed by atoms with van der Waals surface area (Å²) in [5.41, 5.74) is 1.20. The van der Waals surface area contributed by atoms with E-state index >= 15 is 0 Å². The Morgan fingerprint density at radius 1 is 1.48 bits per heavy atom. The van der Waals surface area contributed by atoms with E-state index in [-0.39, 0.29) is 12.0 Å². The summed E-state index contributed by atoms with van der Waals surface area (Å²) in [7, 11) is -3.13. The lowest BCUT2D eigenvalue weighted by Gasteiger charge is -2.19. The molecule has 0 saturated carbocycles. The molecule has 2 aliphatic rings. The number of rotatable bonds is 5. The molecule has 2 fully saturated rings. The molecule has 0 aliphatic carbocycles. The Balaban J connectivity index is 1.56. The Kier molecular flexibility index (Phi) is 4.26. The van der Waals surface area contributed by atoms with Crippen molar-refractivity contribution in [1.82, 2.24) is 14.6 Å². The topological polar surface area (TPSA) is 71.5 Å². The first-order valence-electron chi connectivity index (χ1n) is 7.19. The van der Waals surface area contributed by atoms with Gasteiger partial charge in [0.25, 0.3) is 0 Å². The number of nitrogens with zero attached hydrogens (tertiary/aromatic N) is 2. The molecule has 3 atom stereocenters. The standard InChI is InChI=1S/C14H21N3O3S/c1-21(18,19)16-6-12-10-20-14-9-17(8-13(12)14)7-11-3-2-4-15-5-11/h2-5,12-14,16H,6-10H2,1H3/t12-,13-,14-/m1/s1. The number of fused-ring (bicyclic) bond motifs is 1. The summed E-state index contributed by atoms with van der Waals surface area (Å²) in [4.78, 5) is 6.50. The highest BCUT2D eigenvalue weighted by Gasteiger charge is 2.43. The SMILES string of the molecule is CS(=O)(=O)NC[C@@H]1CO[C@@H]2CN(Cc3cccnc3)C[C@H]12. The van der Waals surface area contributed by atoms with E-state index in [2.05, 4.69) is 20.7 Å². The van der Waals surface area contributed by atoms with E-state index in [0.29, 0.717) is 19.1 Å². The van der Waals surface area contributed by atoms with E-state index in [1.54, 1.807) is 6.20 Å². The largest absolute Gasteiger partial charge is 0.376 e. The number of aromatic nitrogens is 1. The third kappa shape index (κ3) is 3.79. The van der Waals surface area contributed by atoms with Gasteiger partial charge in [-0.1, -0.05) is 6.07 Å². The maximum atomic E-state index is 11.2. The van der Waals surface area contributed by atoms with Crippen LogP contribution >= 0.6 is 0 Å². The molecule has 6 nitrogen and oxygen atoms in total. The summed E-state index contributed by atoms with van der Waals surface area (Å²) < 4.78 is 30.9. The lowest BCUT2D eigenvalue weighted by atomic mass is 9.93. The zero-order valence-electron chi connectivity index (χ0n) is 12.1. The molecule has 3 rings (SSSR count). The monoisotopic (exact) mass is 311 g/mol. The Labute approximate surface area is 125 Å². The lowest BCUT2D eigenvalue weighted by Crippen LogP contribution is -2.33. The van der Waals surface area contributed by atoms with Crippen molar-refractivity contribution in [3.8, 4) is 0 Å². The minimum absolute atomic E-state index is 0.230. The van der Waals surface area contributed by atoms with Gasteiger partial charge in [-0.05, 0) is 11.6 Å². The third-order valence-electron chi connectivity index (χ3n) is 4.25. The van der Waals surface area contributed by atoms with E-state index in [9.17, 15) is 8.42 Å². The fraction of sp³-hybridized carbons (Fsp3) is 0.643. The molecule has 21 heavy (non-hydrogen) atoms. The average Bonchev–Trinajstić information content (AvgIpc) is 2.97. The molecule has 2 aliphatic heterocycles. The maximum Gasteiger partial charge on any atom is 0.208 e. The number of pyridine rings is 1. The molecule has 116 valence electrons. The summed E-state index contributed by atoms with van der Waals surface area (Å²) in [6.45, 7) is 3.86. The first-order chi connectivity index (χ1) is 10.0. The summed E-state index contributed by atoms with van der Waals surface area (Å²) >= 11 is 0. The van der Waals surface area contributed by atoms with Crippen LogP contribution in [0.1, 0.15) is 5.56 Å². The van der Waals surface area contributed by atoms with Crippen LogP contribution in [0.3, 0.4) is 0 Å². The van der Waals surface area contributed by atoms with Gasteiger partial charge in [-0.2, -0.15) is 0 Å². The van der Waals surface area contributed by atoms with Crippen molar-refractivity contribution < 1.29 is 13.2 Å². The van der Waals surface area contributed by atoms with Crippen molar-refractivity contribution in [2.75, 3.05) is 32.5 Å². The molecule has 3 heterocycles. The summed E-state index contributed by atoms with van der Waals surface area (Å²) in [5, 5.41) is 0. The van der Waals surface area contributed by atoms with Crippen LogP contribution in [0.25, 0.3) is 0 Å². The smallest absolute Gasteiger partial charge is 0.208 e. The Morgan fingerprint density at radius 3 is 3.05 bits per heavy atom. The second-order valence-electron chi connectivity index (χ2n) is 5.97. The van der Waals surface area contributed by atoms with Gasteiger partial charge in [-0.25, -0.2) is 13.1 Å². The molecule has 0 radical (unpaired) electrons. The van der Waals surface area contributed by atoms with Gasteiger partial charge in [0.2, 0.25) is 10.0 Å². The number of sulfonamides is 1. The van der Waals surface area contributed by atoms with Crippen LogP contribution in [-0.2, 0) is 21.3 Å². The minimum atomic E-state index is -3.13. The fourth-order valence-corrected chi connectivity index (χ4v) is 3.74. The first-order valence-corrected chi connectivity index (χ1v) is 9.08. The predicted octanol–water partition coefficient (Wildman–Crippen LogP) is 0.0776. The number of nitrogens with one attached hydrogen (secondary N) is 1. The summed E-state index contributed by atoms with van der Waals surface area (Å²) in [5.74, 6) is 0.680. The van der Waals surface area contributed by atoms with Crippen LogP contribution in [0.5, 0.6) is 0 Å². The molecule has 1 N–H and O–H groups in total. The highest BCUT2D eigenvalue weighted by atomic mass is 32.2. The molecular weight excluding hydrogens is 290 g/mol. The maximum absolute atomic E-state index is 11.2. The number of likely N-dealkylation sites (tertiary alicyclic amines) is 1. The van der Waals surface area contributed by atoms with Crippen LogP contribution in [0.4, 0.5) is 0 Å². The van der Waals surface area contributed by atoms with Crippen molar-refractivity contribution in [3.05, 3.63) is 30.1 Å². The van der Waals surface area contributed by atoms with E-state index < -0.39 is 10.0 Å². The van der Waals surface area contributed by atoms with Gasteiger partial charge >= 0.3 is 0 Å². The van der Waals surface area contributed by atoms with Crippen LogP contribution in [-0.4, -0.2) is 56.9 Å². The van der Waals surface area contributed by atoms with E-state index in [4.69, 9.17) is 4.74 Å². The molecule has 0 amide bonds. The number of hydrogen-bond donors (Lipinski definition) is 1. The second kappa shape index (κ2) is 6.00. The van der Waals surface area contributed by atoms with E-state index in [1.165, 1.54) is 11.8 Å². The van der Waals surface area contributed by atoms with Crippen molar-refractivity contribution in [3.63, 3.8) is 0 Å².